The van der Waals surface area contributed by atoms with Crippen LogP contribution in [0.25, 0.3) is 0 Å². The van der Waals surface area contributed by atoms with Crippen LogP contribution in [0.5, 0.6) is 0 Å². The highest BCUT2D eigenvalue weighted by atomic mass is 35.5. The van der Waals surface area contributed by atoms with Gasteiger partial charge in [-0.25, -0.2) is 0 Å². The predicted octanol–water partition coefficient (Wildman–Crippen LogP) is 3.17. The van der Waals surface area contributed by atoms with Gasteiger partial charge in [-0.2, -0.15) is 0 Å². The predicted molar refractivity (Wildman–Crippen MR) is 48.1 cm³/mol. The number of halogens is 1. The third kappa shape index (κ3) is 1.93. The number of aromatic nitrogens is 1. The molecule has 1 rings (SSSR count). The van der Waals surface area contributed by atoms with E-state index in [2.05, 4.69) is 18.8 Å². The molecule has 0 N–H and O–H groups in total. The maximum atomic E-state index is 5.90. The van der Waals surface area contributed by atoms with Gasteiger partial charge in [0.15, 0.2) is 0 Å². The summed E-state index contributed by atoms with van der Waals surface area (Å²) < 4.78 is 0. The van der Waals surface area contributed by atoms with E-state index in [1.165, 1.54) is 5.56 Å². The first-order chi connectivity index (χ1) is 5.11. The summed E-state index contributed by atoms with van der Waals surface area (Å²) in [7, 11) is 0. The lowest BCUT2D eigenvalue weighted by Gasteiger charge is -2.05. The van der Waals surface area contributed by atoms with Crippen molar-refractivity contribution in [2.45, 2.75) is 26.7 Å². The summed E-state index contributed by atoms with van der Waals surface area (Å²) >= 11 is 5.90. The number of hydrogen-bond acceptors (Lipinski definition) is 1. The Balaban J connectivity index is 3.05. The molecule has 0 fully saturated rings. The molecule has 0 unspecified atom stereocenters. The summed E-state index contributed by atoms with van der Waals surface area (Å²) in [5.41, 5.74) is 2.09. The maximum Gasteiger partial charge on any atom is 0.0621 e. The molecule has 11 heavy (non-hydrogen) atoms. The summed E-state index contributed by atoms with van der Waals surface area (Å²) in [6.45, 7) is 6.16. The molecule has 0 spiro atoms. The van der Waals surface area contributed by atoms with E-state index in [0.29, 0.717) is 5.92 Å². The van der Waals surface area contributed by atoms with Crippen molar-refractivity contribution in [3.05, 3.63) is 28.5 Å². The molecule has 0 aliphatic carbocycles. The van der Waals surface area contributed by atoms with Gasteiger partial charge in [-0.15, -0.1) is 0 Å². The Morgan fingerprint density at radius 1 is 1.45 bits per heavy atom. The van der Waals surface area contributed by atoms with Crippen molar-refractivity contribution < 1.29 is 0 Å². The second-order valence-electron chi connectivity index (χ2n) is 2.99. The molecular formula is C9H12ClN. The summed E-state index contributed by atoms with van der Waals surface area (Å²) in [4.78, 5) is 4.17. The number of rotatable bonds is 1. The second kappa shape index (κ2) is 3.22. The summed E-state index contributed by atoms with van der Waals surface area (Å²) in [5.74, 6) is 0.501. The van der Waals surface area contributed by atoms with Crippen LogP contribution >= 0.6 is 11.6 Å². The van der Waals surface area contributed by atoms with Gasteiger partial charge in [0.05, 0.1) is 10.7 Å². The molecule has 2 heteroatoms. The molecule has 0 radical (unpaired) electrons. The smallest absolute Gasteiger partial charge is 0.0621 e. The zero-order valence-corrected chi connectivity index (χ0v) is 7.81. The van der Waals surface area contributed by atoms with Crippen LogP contribution in [0.2, 0.25) is 5.02 Å². The average Bonchev–Trinajstić information content (AvgIpc) is 1.94. The lowest BCUT2D eigenvalue weighted by Crippen LogP contribution is -1.90. The van der Waals surface area contributed by atoms with Crippen molar-refractivity contribution in [2.24, 2.45) is 0 Å². The molecule has 0 atom stereocenters. The van der Waals surface area contributed by atoms with Crippen LogP contribution in [0.3, 0.4) is 0 Å². The molecule has 1 heterocycles. The van der Waals surface area contributed by atoms with Crippen molar-refractivity contribution >= 4 is 11.6 Å². The molecule has 0 saturated heterocycles. The van der Waals surface area contributed by atoms with Gasteiger partial charge in [-0.1, -0.05) is 25.4 Å². The van der Waals surface area contributed by atoms with E-state index in [0.717, 1.165) is 10.7 Å². The Bertz CT molecular complexity index is 256. The van der Waals surface area contributed by atoms with E-state index in [1.807, 2.05) is 19.2 Å². The van der Waals surface area contributed by atoms with Crippen LogP contribution in [0, 0.1) is 6.92 Å². The lowest BCUT2D eigenvalue weighted by molar-refractivity contribution is 0.855. The van der Waals surface area contributed by atoms with Gasteiger partial charge in [-0.3, -0.25) is 4.98 Å². The van der Waals surface area contributed by atoms with E-state index >= 15 is 0 Å². The molecule has 0 bridgehead atoms. The van der Waals surface area contributed by atoms with Crippen molar-refractivity contribution in [1.29, 1.82) is 0 Å². The van der Waals surface area contributed by atoms with E-state index in [9.17, 15) is 0 Å². The first-order valence-corrected chi connectivity index (χ1v) is 4.11. The fraction of sp³-hybridized carbons (Fsp3) is 0.444. The molecular weight excluding hydrogens is 158 g/mol. The van der Waals surface area contributed by atoms with Crippen molar-refractivity contribution in [3.8, 4) is 0 Å². The van der Waals surface area contributed by atoms with Gasteiger partial charge in [0.1, 0.15) is 0 Å². The van der Waals surface area contributed by atoms with Crippen molar-refractivity contribution in [3.63, 3.8) is 0 Å². The monoisotopic (exact) mass is 169 g/mol. The third-order valence-electron chi connectivity index (χ3n) is 1.71. The zero-order valence-electron chi connectivity index (χ0n) is 7.06. The number of hydrogen-bond donors (Lipinski definition) is 0. The van der Waals surface area contributed by atoms with E-state index in [4.69, 9.17) is 11.6 Å². The van der Waals surface area contributed by atoms with E-state index in [-0.39, 0.29) is 0 Å². The third-order valence-corrected chi connectivity index (χ3v) is 2.10. The van der Waals surface area contributed by atoms with Crippen LogP contribution in [-0.4, -0.2) is 4.98 Å². The van der Waals surface area contributed by atoms with Gasteiger partial charge in [0, 0.05) is 6.20 Å². The molecule has 0 aliphatic heterocycles. The number of nitrogens with zero attached hydrogens (tertiary/aromatic N) is 1. The second-order valence-corrected chi connectivity index (χ2v) is 3.40. The van der Waals surface area contributed by atoms with Gasteiger partial charge in [-0.05, 0) is 24.5 Å². The molecule has 0 amide bonds. The van der Waals surface area contributed by atoms with E-state index < -0.39 is 0 Å². The minimum absolute atomic E-state index is 0.501. The standard InChI is InChI=1S/C9H12ClN/c1-6(2)8-4-9(10)7(3)11-5-8/h4-6H,1-3H3. The zero-order chi connectivity index (χ0) is 8.43. The number of aryl methyl sites for hydroxylation is 1. The van der Waals surface area contributed by atoms with Crippen molar-refractivity contribution in [2.75, 3.05) is 0 Å². The highest BCUT2D eigenvalue weighted by Gasteiger charge is 2.01. The molecule has 1 aromatic rings. The van der Waals surface area contributed by atoms with Crippen molar-refractivity contribution in [1.82, 2.24) is 4.98 Å². The Kier molecular flexibility index (Phi) is 2.50. The van der Waals surface area contributed by atoms with Crippen LogP contribution in [0.4, 0.5) is 0 Å². The first-order valence-electron chi connectivity index (χ1n) is 3.73. The van der Waals surface area contributed by atoms with Crippen LogP contribution < -0.4 is 0 Å². The fourth-order valence-electron chi connectivity index (χ4n) is 0.837. The van der Waals surface area contributed by atoms with Gasteiger partial charge >= 0.3 is 0 Å². The highest BCUT2D eigenvalue weighted by molar-refractivity contribution is 6.31. The molecule has 60 valence electrons. The largest absolute Gasteiger partial charge is 0.260 e. The molecule has 0 aromatic carbocycles. The lowest BCUT2D eigenvalue weighted by atomic mass is 10.1. The van der Waals surface area contributed by atoms with Crippen LogP contribution in [-0.2, 0) is 0 Å². The first kappa shape index (κ1) is 8.54. The van der Waals surface area contributed by atoms with Gasteiger partial charge in [0.2, 0.25) is 0 Å². The van der Waals surface area contributed by atoms with Crippen LogP contribution in [0.1, 0.15) is 31.0 Å². The molecule has 0 saturated carbocycles. The minimum atomic E-state index is 0.501. The Morgan fingerprint density at radius 3 is 2.55 bits per heavy atom. The maximum absolute atomic E-state index is 5.90. The average molecular weight is 170 g/mol. The SMILES string of the molecule is Cc1ncc(C(C)C)cc1Cl. The van der Waals surface area contributed by atoms with E-state index in [1.54, 1.807) is 0 Å². The Morgan fingerprint density at radius 2 is 2.09 bits per heavy atom. The number of pyridine rings is 1. The Labute approximate surface area is 72.4 Å². The summed E-state index contributed by atoms with van der Waals surface area (Å²) in [5, 5.41) is 0.760. The molecule has 0 aliphatic rings. The summed E-state index contributed by atoms with van der Waals surface area (Å²) in [6, 6.07) is 1.98. The normalized spacial score (nSPS) is 10.6. The van der Waals surface area contributed by atoms with Gasteiger partial charge in [0.25, 0.3) is 0 Å². The molecule has 1 aromatic heterocycles. The molecule has 1 nitrogen and oxygen atoms in total. The summed E-state index contributed by atoms with van der Waals surface area (Å²) in [6.07, 6.45) is 1.88. The topological polar surface area (TPSA) is 12.9 Å². The van der Waals surface area contributed by atoms with Crippen LogP contribution in [0.15, 0.2) is 12.3 Å². The van der Waals surface area contributed by atoms with Gasteiger partial charge < -0.3 is 0 Å². The fourth-order valence-corrected chi connectivity index (χ4v) is 1.01. The highest BCUT2D eigenvalue weighted by Crippen LogP contribution is 2.19. The minimum Gasteiger partial charge on any atom is -0.260 e. The quantitative estimate of drug-likeness (QED) is 0.630. The Hall–Kier alpha value is -0.560.